The summed E-state index contributed by atoms with van der Waals surface area (Å²) < 4.78 is 6.51. The normalized spacial score (nSPS) is 19.9. The second kappa shape index (κ2) is 11.1. The van der Waals surface area contributed by atoms with Crippen LogP contribution in [0.3, 0.4) is 0 Å². The minimum atomic E-state index is 0.0959. The third-order valence-corrected chi connectivity index (χ3v) is 12.3. The van der Waals surface area contributed by atoms with Crippen LogP contribution in [0.2, 0.25) is 0 Å². The van der Waals surface area contributed by atoms with E-state index in [-0.39, 0.29) is 5.41 Å². The molecule has 51 heavy (non-hydrogen) atoms. The van der Waals surface area contributed by atoms with Crippen molar-refractivity contribution >= 4 is 39.0 Å². The summed E-state index contributed by atoms with van der Waals surface area (Å²) in [5.41, 5.74) is 16.1. The van der Waals surface area contributed by atoms with Crippen LogP contribution in [0.5, 0.6) is 0 Å². The summed E-state index contributed by atoms with van der Waals surface area (Å²) in [6, 6.07) is 60.3. The first-order valence-corrected chi connectivity index (χ1v) is 18.5. The Kier molecular flexibility index (Phi) is 6.28. The molecule has 0 radical (unpaired) electrons. The first-order valence-electron chi connectivity index (χ1n) is 18.5. The summed E-state index contributed by atoms with van der Waals surface area (Å²) in [5.74, 6) is 1.52. The maximum Gasteiger partial charge on any atom is 0.137 e. The molecule has 3 atom stereocenters. The first-order chi connectivity index (χ1) is 25.2. The second-order valence-corrected chi connectivity index (χ2v) is 14.9. The van der Waals surface area contributed by atoms with Crippen LogP contribution >= 0.6 is 0 Å². The number of hydrogen-bond acceptors (Lipinski definition) is 2. The van der Waals surface area contributed by atoms with Crippen LogP contribution in [0.1, 0.15) is 36.8 Å². The van der Waals surface area contributed by atoms with Crippen molar-refractivity contribution in [3.8, 4) is 33.4 Å². The Morgan fingerprint density at radius 3 is 2.02 bits per heavy atom. The van der Waals surface area contributed by atoms with E-state index in [9.17, 15) is 0 Å². The molecule has 2 bridgehead atoms. The maximum atomic E-state index is 6.51. The SMILES string of the molecule is c1ccc(-c2ccc(N(c3ccc4c(c3)C3(CC5CCC3C5)c3ccccc3-4)c3ccc4c(c3)oc3ccccc34)c(-c3ccccc3)c2)cc1. The highest BCUT2D eigenvalue weighted by atomic mass is 16.3. The maximum absolute atomic E-state index is 6.51. The van der Waals surface area contributed by atoms with Gasteiger partial charge in [0.25, 0.3) is 0 Å². The van der Waals surface area contributed by atoms with Crippen LogP contribution in [-0.4, -0.2) is 0 Å². The Morgan fingerprint density at radius 2 is 1.20 bits per heavy atom. The highest BCUT2D eigenvalue weighted by Gasteiger charge is 2.56. The zero-order valence-electron chi connectivity index (χ0n) is 28.4. The Balaban J connectivity index is 1.16. The molecule has 0 amide bonds. The van der Waals surface area contributed by atoms with Gasteiger partial charge in [-0.2, -0.15) is 0 Å². The molecule has 1 heterocycles. The predicted molar refractivity (Wildman–Crippen MR) is 211 cm³/mol. The van der Waals surface area contributed by atoms with Crippen molar-refractivity contribution in [1.82, 2.24) is 0 Å². The molecule has 244 valence electrons. The van der Waals surface area contributed by atoms with Crippen molar-refractivity contribution in [3.63, 3.8) is 0 Å². The fraction of sp³-hybridized carbons (Fsp3) is 0.143. The Hall–Kier alpha value is -5.86. The Bertz CT molecular complexity index is 2620. The molecule has 2 saturated carbocycles. The van der Waals surface area contributed by atoms with Gasteiger partial charge in [-0.25, -0.2) is 0 Å². The molecule has 0 saturated heterocycles. The van der Waals surface area contributed by atoms with Crippen molar-refractivity contribution < 1.29 is 4.42 Å². The lowest BCUT2D eigenvalue weighted by Crippen LogP contribution is -2.32. The molecule has 3 aliphatic rings. The number of fused-ring (bicyclic) bond motifs is 11. The number of anilines is 3. The lowest BCUT2D eigenvalue weighted by atomic mass is 9.67. The zero-order valence-corrected chi connectivity index (χ0v) is 28.4. The van der Waals surface area contributed by atoms with Gasteiger partial charge in [-0.05, 0) is 113 Å². The van der Waals surface area contributed by atoms with E-state index in [0.29, 0.717) is 5.92 Å². The topological polar surface area (TPSA) is 16.4 Å². The van der Waals surface area contributed by atoms with Crippen molar-refractivity contribution in [3.05, 3.63) is 175 Å². The fourth-order valence-corrected chi connectivity index (χ4v) is 10.2. The highest BCUT2D eigenvalue weighted by molar-refractivity contribution is 6.06. The van der Waals surface area contributed by atoms with Crippen molar-refractivity contribution in [2.75, 3.05) is 4.90 Å². The van der Waals surface area contributed by atoms with Gasteiger partial charge >= 0.3 is 0 Å². The van der Waals surface area contributed by atoms with E-state index in [1.165, 1.54) is 70.3 Å². The molecule has 2 heteroatoms. The molecule has 3 aliphatic carbocycles. The smallest absolute Gasteiger partial charge is 0.137 e. The monoisotopic (exact) mass is 655 g/mol. The van der Waals surface area contributed by atoms with E-state index in [2.05, 4.69) is 163 Å². The van der Waals surface area contributed by atoms with Gasteiger partial charge in [-0.3, -0.25) is 0 Å². The fourth-order valence-electron chi connectivity index (χ4n) is 10.2. The molecule has 11 rings (SSSR count). The number of furan rings is 1. The lowest BCUT2D eigenvalue weighted by Gasteiger charge is -2.37. The summed E-state index contributed by atoms with van der Waals surface area (Å²) in [7, 11) is 0. The summed E-state index contributed by atoms with van der Waals surface area (Å²) in [5, 5.41) is 2.29. The summed E-state index contributed by atoms with van der Waals surface area (Å²) in [4.78, 5) is 2.48. The number of para-hydroxylation sites is 1. The summed E-state index contributed by atoms with van der Waals surface area (Å²) >= 11 is 0. The van der Waals surface area contributed by atoms with E-state index < -0.39 is 0 Å². The number of nitrogens with zero attached hydrogens (tertiary/aromatic N) is 1. The highest BCUT2D eigenvalue weighted by Crippen LogP contribution is 2.66. The van der Waals surface area contributed by atoms with E-state index in [1.54, 1.807) is 5.56 Å². The van der Waals surface area contributed by atoms with E-state index >= 15 is 0 Å². The molecule has 7 aromatic carbocycles. The summed E-state index contributed by atoms with van der Waals surface area (Å²) in [6.45, 7) is 0. The molecular formula is C49H37NO. The van der Waals surface area contributed by atoms with Crippen LogP contribution in [0.15, 0.2) is 168 Å². The quantitative estimate of drug-likeness (QED) is 0.183. The zero-order chi connectivity index (χ0) is 33.5. The van der Waals surface area contributed by atoms with Gasteiger partial charge in [0.05, 0.1) is 5.69 Å². The molecule has 1 spiro atoms. The van der Waals surface area contributed by atoms with E-state index in [1.807, 2.05) is 6.07 Å². The first kappa shape index (κ1) is 28.9. The van der Waals surface area contributed by atoms with Crippen molar-refractivity contribution in [2.24, 2.45) is 11.8 Å². The molecule has 3 unspecified atom stereocenters. The largest absolute Gasteiger partial charge is 0.456 e. The van der Waals surface area contributed by atoms with Crippen LogP contribution < -0.4 is 4.90 Å². The minimum absolute atomic E-state index is 0.0959. The van der Waals surface area contributed by atoms with Gasteiger partial charge in [-0.1, -0.05) is 122 Å². The van der Waals surface area contributed by atoms with Gasteiger partial charge in [0, 0.05) is 39.2 Å². The van der Waals surface area contributed by atoms with Crippen LogP contribution in [0.4, 0.5) is 17.1 Å². The molecule has 1 aromatic heterocycles. The molecule has 2 fully saturated rings. The minimum Gasteiger partial charge on any atom is -0.456 e. The van der Waals surface area contributed by atoms with E-state index in [4.69, 9.17) is 4.42 Å². The standard InChI is InChI=1S/C49H37NO/c1-3-11-33(12-4-1)35-20-26-46(43(28-35)34-13-5-2-6-14-34)50(38-23-25-42-41-16-8-10-18-47(41)51-48(42)30-38)37-22-24-40-39-15-7-9-17-44(39)49(45(40)29-37)31-32-19-21-36(49)27-32/h1-18,20,22-26,28-30,32,36H,19,21,27,31H2. The number of benzene rings is 7. The molecule has 2 nitrogen and oxygen atoms in total. The Labute approximate surface area is 298 Å². The van der Waals surface area contributed by atoms with E-state index in [0.717, 1.165) is 39.2 Å². The number of hydrogen-bond donors (Lipinski definition) is 0. The van der Waals surface area contributed by atoms with Crippen molar-refractivity contribution in [1.29, 1.82) is 0 Å². The predicted octanol–water partition coefficient (Wildman–Crippen LogP) is 13.5. The molecule has 0 N–H and O–H groups in total. The molecule has 0 aliphatic heterocycles. The number of rotatable bonds is 5. The average molecular weight is 656 g/mol. The van der Waals surface area contributed by atoms with Gasteiger partial charge in [0.15, 0.2) is 0 Å². The average Bonchev–Trinajstić information content (AvgIpc) is 3.97. The van der Waals surface area contributed by atoms with Gasteiger partial charge < -0.3 is 9.32 Å². The van der Waals surface area contributed by atoms with Crippen molar-refractivity contribution in [2.45, 2.75) is 31.1 Å². The van der Waals surface area contributed by atoms with Gasteiger partial charge in [0.2, 0.25) is 0 Å². The van der Waals surface area contributed by atoms with Crippen LogP contribution in [0.25, 0.3) is 55.3 Å². The third kappa shape index (κ3) is 4.29. The molecule has 8 aromatic rings. The Morgan fingerprint density at radius 1 is 0.490 bits per heavy atom. The second-order valence-electron chi connectivity index (χ2n) is 14.9. The van der Waals surface area contributed by atoms with Crippen LogP contribution in [0, 0.1) is 11.8 Å². The summed E-state index contributed by atoms with van der Waals surface area (Å²) in [6.07, 6.45) is 5.32. The van der Waals surface area contributed by atoms with Gasteiger partial charge in [0.1, 0.15) is 11.2 Å². The van der Waals surface area contributed by atoms with Crippen LogP contribution in [-0.2, 0) is 5.41 Å². The lowest BCUT2D eigenvalue weighted by molar-refractivity contribution is 0.327. The molecular weight excluding hydrogens is 619 g/mol. The third-order valence-electron chi connectivity index (χ3n) is 12.3. The van der Waals surface area contributed by atoms with Gasteiger partial charge in [-0.15, -0.1) is 0 Å².